The molecule has 1 fully saturated rings. The molecule has 2 heterocycles. The van der Waals surface area contributed by atoms with Gasteiger partial charge in [-0.1, -0.05) is 13.8 Å². The summed E-state index contributed by atoms with van der Waals surface area (Å²) in [6, 6.07) is 2.13. The van der Waals surface area contributed by atoms with Gasteiger partial charge in [-0.3, -0.25) is 0 Å². The van der Waals surface area contributed by atoms with E-state index >= 15 is 0 Å². The van der Waals surface area contributed by atoms with Gasteiger partial charge in [0.05, 0.1) is 0 Å². The molecule has 0 saturated carbocycles. The molecule has 0 radical (unpaired) electrons. The van der Waals surface area contributed by atoms with E-state index in [4.69, 9.17) is 11.0 Å². The van der Waals surface area contributed by atoms with Crippen molar-refractivity contribution in [1.29, 1.82) is 5.26 Å². The first-order chi connectivity index (χ1) is 7.03. The second-order valence-corrected chi connectivity index (χ2v) is 5.45. The second-order valence-electron chi connectivity index (χ2n) is 4.70. The molecule has 0 unspecified atom stereocenters. The van der Waals surface area contributed by atoms with Crippen LogP contribution in [-0.2, 0) is 0 Å². The highest BCUT2D eigenvalue weighted by Crippen LogP contribution is 2.37. The lowest BCUT2D eigenvalue weighted by molar-refractivity contribution is 0.419. The number of nitrogens with zero attached hydrogens (tertiary/aromatic N) is 3. The van der Waals surface area contributed by atoms with Crippen molar-refractivity contribution in [1.82, 2.24) is 4.37 Å². The maximum absolute atomic E-state index is 8.99. The Morgan fingerprint density at radius 3 is 2.87 bits per heavy atom. The maximum Gasteiger partial charge on any atom is 0.157 e. The van der Waals surface area contributed by atoms with Crippen LogP contribution >= 0.6 is 11.5 Å². The molecule has 1 aliphatic heterocycles. The molecule has 1 aromatic heterocycles. The summed E-state index contributed by atoms with van der Waals surface area (Å²) in [5, 5.41) is 9.92. The van der Waals surface area contributed by atoms with Gasteiger partial charge in [0.1, 0.15) is 16.6 Å². The Morgan fingerprint density at radius 2 is 2.33 bits per heavy atom. The van der Waals surface area contributed by atoms with Gasteiger partial charge in [-0.15, -0.1) is 0 Å². The highest BCUT2D eigenvalue weighted by atomic mass is 32.1. The number of nitrogen functional groups attached to an aromatic ring is 1. The van der Waals surface area contributed by atoms with Gasteiger partial charge in [-0.25, -0.2) is 0 Å². The van der Waals surface area contributed by atoms with Gasteiger partial charge < -0.3 is 10.6 Å². The van der Waals surface area contributed by atoms with E-state index in [1.165, 1.54) is 11.5 Å². The van der Waals surface area contributed by atoms with Gasteiger partial charge in [0, 0.05) is 13.1 Å². The molecule has 0 atom stereocenters. The first kappa shape index (κ1) is 10.2. The van der Waals surface area contributed by atoms with E-state index in [0.717, 1.165) is 24.5 Å². The molecule has 80 valence electrons. The number of aromatic nitrogens is 1. The fourth-order valence-electron chi connectivity index (χ4n) is 1.90. The van der Waals surface area contributed by atoms with E-state index < -0.39 is 0 Å². The highest BCUT2D eigenvalue weighted by Gasteiger charge is 2.31. The molecular weight excluding hydrogens is 208 g/mol. The predicted octanol–water partition coefficient (Wildman–Crippen LogP) is 1.83. The van der Waals surface area contributed by atoms with Crippen LogP contribution in [0.25, 0.3) is 0 Å². The minimum atomic E-state index is 0.325. The van der Waals surface area contributed by atoms with Crippen LogP contribution in [0.5, 0.6) is 0 Å². The standard InChI is InChI=1S/C10H14N4S/c1-10(2)3-4-14(6-10)9-7(5-11)8(12)13-15-9/h3-4,6H2,1-2H3,(H2,12,13). The maximum atomic E-state index is 8.99. The van der Waals surface area contributed by atoms with Crippen LogP contribution < -0.4 is 10.6 Å². The first-order valence-corrected chi connectivity index (χ1v) is 5.71. The summed E-state index contributed by atoms with van der Waals surface area (Å²) < 4.78 is 4.04. The fourth-order valence-corrected chi connectivity index (χ4v) is 2.69. The van der Waals surface area contributed by atoms with Gasteiger partial charge in [0.15, 0.2) is 5.82 Å². The molecule has 0 amide bonds. The molecule has 2 rings (SSSR count). The number of hydrogen-bond donors (Lipinski definition) is 1. The number of nitriles is 1. The molecular formula is C10H14N4S. The van der Waals surface area contributed by atoms with Crippen molar-refractivity contribution in [2.24, 2.45) is 5.41 Å². The van der Waals surface area contributed by atoms with Gasteiger partial charge in [-0.2, -0.15) is 9.64 Å². The monoisotopic (exact) mass is 222 g/mol. The van der Waals surface area contributed by atoms with Gasteiger partial charge in [-0.05, 0) is 23.4 Å². The van der Waals surface area contributed by atoms with Crippen LogP contribution in [0.15, 0.2) is 0 Å². The van der Waals surface area contributed by atoms with Crippen molar-refractivity contribution < 1.29 is 0 Å². The molecule has 0 bridgehead atoms. The summed E-state index contributed by atoms with van der Waals surface area (Å²) in [5.41, 5.74) is 6.50. The van der Waals surface area contributed by atoms with Crippen molar-refractivity contribution in [3.8, 4) is 6.07 Å². The van der Waals surface area contributed by atoms with Crippen LogP contribution in [0.4, 0.5) is 10.8 Å². The van der Waals surface area contributed by atoms with E-state index in [1.54, 1.807) is 0 Å². The van der Waals surface area contributed by atoms with Crippen LogP contribution in [0.3, 0.4) is 0 Å². The lowest BCUT2D eigenvalue weighted by Crippen LogP contribution is -2.22. The fraction of sp³-hybridized carbons (Fsp3) is 0.600. The van der Waals surface area contributed by atoms with Crippen molar-refractivity contribution in [3.63, 3.8) is 0 Å². The third-order valence-electron chi connectivity index (χ3n) is 2.78. The summed E-state index contributed by atoms with van der Waals surface area (Å²) in [6.45, 7) is 6.44. The van der Waals surface area contributed by atoms with E-state index in [2.05, 4.69) is 29.2 Å². The van der Waals surface area contributed by atoms with Crippen LogP contribution in [0.2, 0.25) is 0 Å². The van der Waals surface area contributed by atoms with Crippen molar-refractivity contribution in [3.05, 3.63) is 5.56 Å². The van der Waals surface area contributed by atoms with Crippen molar-refractivity contribution >= 4 is 22.4 Å². The first-order valence-electron chi connectivity index (χ1n) is 4.94. The molecule has 0 aromatic carbocycles. The number of hydrogen-bond acceptors (Lipinski definition) is 5. The minimum Gasteiger partial charge on any atom is -0.382 e. The zero-order chi connectivity index (χ0) is 11.1. The van der Waals surface area contributed by atoms with Crippen LogP contribution in [-0.4, -0.2) is 17.5 Å². The third-order valence-corrected chi connectivity index (χ3v) is 3.70. The molecule has 1 aliphatic rings. The van der Waals surface area contributed by atoms with Crippen LogP contribution in [0.1, 0.15) is 25.8 Å². The second kappa shape index (κ2) is 3.38. The van der Waals surface area contributed by atoms with Gasteiger partial charge >= 0.3 is 0 Å². The number of rotatable bonds is 1. The number of anilines is 2. The van der Waals surface area contributed by atoms with Gasteiger partial charge in [0.25, 0.3) is 0 Å². The Hall–Kier alpha value is -1.28. The van der Waals surface area contributed by atoms with E-state index in [0.29, 0.717) is 16.8 Å². The molecule has 1 aromatic rings. The molecule has 0 aliphatic carbocycles. The Kier molecular flexibility index (Phi) is 2.31. The number of nitrogens with two attached hydrogens (primary N) is 1. The summed E-state index contributed by atoms with van der Waals surface area (Å²) in [5.74, 6) is 0.363. The Bertz CT molecular complexity index is 416. The average Bonchev–Trinajstić information content (AvgIpc) is 2.69. The quantitative estimate of drug-likeness (QED) is 0.787. The van der Waals surface area contributed by atoms with Crippen molar-refractivity contribution in [2.45, 2.75) is 20.3 Å². The topological polar surface area (TPSA) is 65.9 Å². The Balaban J connectivity index is 2.29. The van der Waals surface area contributed by atoms with Crippen molar-refractivity contribution in [2.75, 3.05) is 23.7 Å². The summed E-state index contributed by atoms with van der Waals surface area (Å²) >= 11 is 1.33. The van der Waals surface area contributed by atoms with E-state index in [1.807, 2.05) is 0 Å². The van der Waals surface area contributed by atoms with E-state index in [9.17, 15) is 0 Å². The van der Waals surface area contributed by atoms with E-state index in [-0.39, 0.29) is 0 Å². The smallest absolute Gasteiger partial charge is 0.157 e. The highest BCUT2D eigenvalue weighted by molar-refractivity contribution is 7.10. The molecule has 5 heteroatoms. The normalized spacial score (nSPS) is 19.1. The minimum absolute atomic E-state index is 0.325. The summed E-state index contributed by atoms with van der Waals surface area (Å²) in [6.07, 6.45) is 1.15. The molecule has 0 spiro atoms. The zero-order valence-electron chi connectivity index (χ0n) is 8.95. The Labute approximate surface area is 93.5 Å². The largest absolute Gasteiger partial charge is 0.382 e. The molecule has 1 saturated heterocycles. The molecule has 4 nitrogen and oxygen atoms in total. The zero-order valence-corrected chi connectivity index (χ0v) is 9.77. The molecule has 2 N–H and O–H groups in total. The lowest BCUT2D eigenvalue weighted by atomic mass is 9.93. The third kappa shape index (κ3) is 1.77. The summed E-state index contributed by atoms with van der Waals surface area (Å²) in [4.78, 5) is 2.21. The lowest BCUT2D eigenvalue weighted by Gasteiger charge is -2.19. The molecule has 15 heavy (non-hydrogen) atoms. The predicted molar refractivity (Wildman–Crippen MR) is 61.9 cm³/mol. The summed E-state index contributed by atoms with van der Waals surface area (Å²) in [7, 11) is 0. The van der Waals surface area contributed by atoms with Gasteiger partial charge in [0.2, 0.25) is 0 Å². The van der Waals surface area contributed by atoms with Crippen LogP contribution in [0, 0.1) is 16.7 Å². The SMILES string of the molecule is CC1(C)CCN(c2snc(N)c2C#N)C1. The average molecular weight is 222 g/mol. The Morgan fingerprint density at radius 1 is 1.60 bits per heavy atom.